The van der Waals surface area contributed by atoms with E-state index in [0.717, 1.165) is 0 Å². The van der Waals surface area contributed by atoms with Gasteiger partial charge in [0.2, 0.25) is 0 Å². The normalized spacial score (nSPS) is 32.2. The summed E-state index contributed by atoms with van der Waals surface area (Å²) in [5, 5.41) is 28.6. The molecule has 1 unspecified atom stereocenters. The van der Waals surface area contributed by atoms with E-state index in [-0.39, 0.29) is 6.61 Å². The molecule has 0 radical (unpaired) electrons. The Balaban J connectivity index is 2.00. The van der Waals surface area contributed by atoms with Crippen molar-refractivity contribution in [2.45, 2.75) is 24.5 Å². The summed E-state index contributed by atoms with van der Waals surface area (Å²) in [6, 6.07) is 0. The molecular weight excluding hydrogens is 240 g/mol. The molecule has 2 aromatic rings. The number of hydrogen-bond acceptors (Lipinski definition) is 7. The van der Waals surface area contributed by atoms with Crippen LogP contribution in [0.5, 0.6) is 0 Å². The molecule has 2 aromatic heterocycles. The lowest BCUT2D eigenvalue weighted by Crippen LogP contribution is -2.33. The van der Waals surface area contributed by atoms with Gasteiger partial charge >= 0.3 is 0 Å². The van der Waals surface area contributed by atoms with Crippen LogP contribution < -0.4 is 0 Å². The summed E-state index contributed by atoms with van der Waals surface area (Å²) in [5.41, 5.74) is 1.06. The molecule has 0 spiro atoms. The summed E-state index contributed by atoms with van der Waals surface area (Å²) >= 11 is 0. The van der Waals surface area contributed by atoms with Crippen LogP contribution >= 0.6 is 0 Å². The Hall–Kier alpha value is -1.61. The maximum atomic E-state index is 9.91. The van der Waals surface area contributed by atoms with Gasteiger partial charge in [-0.1, -0.05) is 0 Å². The first kappa shape index (κ1) is 11.5. The summed E-state index contributed by atoms with van der Waals surface area (Å²) in [4.78, 5) is 12.0. The Morgan fingerprint density at radius 1 is 1.28 bits per heavy atom. The summed E-state index contributed by atoms with van der Waals surface area (Å²) in [6.07, 6.45) is 0.442. The van der Waals surface area contributed by atoms with Crippen molar-refractivity contribution in [3.63, 3.8) is 0 Å². The largest absolute Gasteiger partial charge is 0.394 e. The molecule has 18 heavy (non-hydrogen) atoms. The zero-order chi connectivity index (χ0) is 12.7. The highest BCUT2D eigenvalue weighted by molar-refractivity contribution is 5.68. The molecule has 0 amide bonds. The average Bonchev–Trinajstić information content (AvgIpc) is 2.93. The second-order valence-corrected chi connectivity index (χ2v) is 4.11. The Labute approximate surface area is 102 Å². The Bertz CT molecular complexity index is 560. The predicted molar refractivity (Wildman–Crippen MR) is 58.3 cm³/mol. The molecule has 0 bridgehead atoms. The zero-order valence-electron chi connectivity index (χ0n) is 9.29. The van der Waals surface area contributed by atoms with Crippen LogP contribution in [0.25, 0.3) is 11.2 Å². The summed E-state index contributed by atoms with van der Waals surface area (Å²) < 4.78 is 6.91. The van der Waals surface area contributed by atoms with E-state index in [1.807, 2.05) is 0 Å². The van der Waals surface area contributed by atoms with E-state index in [4.69, 9.17) is 9.84 Å². The van der Waals surface area contributed by atoms with E-state index in [1.54, 1.807) is 6.20 Å². The third-order valence-electron chi connectivity index (χ3n) is 3.03. The summed E-state index contributed by atoms with van der Waals surface area (Å²) in [7, 11) is 0. The van der Waals surface area contributed by atoms with Gasteiger partial charge in [0, 0.05) is 0 Å². The van der Waals surface area contributed by atoms with Crippen LogP contribution in [0.2, 0.25) is 0 Å². The van der Waals surface area contributed by atoms with E-state index >= 15 is 0 Å². The Morgan fingerprint density at radius 3 is 2.83 bits per heavy atom. The molecule has 3 heterocycles. The first-order valence-corrected chi connectivity index (χ1v) is 5.47. The molecular formula is C10H12N4O4. The van der Waals surface area contributed by atoms with Crippen molar-refractivity contribution in [2.75, 3.05) is 6.61 Å². The van der Waals surface area contributed by atoms with Crippen LogP contribution in [0, 0.1) is 0 Å². The van der Waals surface area contributed by atoms with E-state index in [2.05, 4.69) is 15.0 Å². The van der Waals surface area contributed by atoms with Crippen molar-refractivity contribution in [2.24, 2.45) is 0 Å². The topological polar surface area (TPSA) is 114 Å². The van der Waals surface area contributed by atoms with Crippen LogP contribution in [-0.2, 0) is 4.74 Å². The number of imidazole rings is 1. The molecule has 0 saturated carbocycles. The van der Waals surface area contributed by atoms with E-state index in [1.165, 1.54) is 17.2 Å². The smallest absolute Gasteiger partial charge is 0.165 e. The maximum absolute atomic E-state index is 9.91. The molecule has 3 N–H and O–H groups in total. The lowest BCUT2D eigenvalue weighted by atomic mass is 10.1. The fraction of sp³-hybridized carbons (Fsp3) is 0.500. The molecule has 8 nitrogen and oxygen atoms in total. The molecule has 0 aliphatic carbocycles. The molecule has 1 saturated heterocycles. The van der Waals surface area contributed by atoms with Gasteiger partial charge in [-0.25, -0.2) is 15.0 Å². The quantitative estimate of drug-likeness (QED) is 0.592. The number of aromatic nitrogens is 4. The van der Waals surface area contributed by atoms with Crippen LogP contribution in [-0.4, -0.2) is 59.8 Å². The molecule has 1 fully saturated rings. The maximum Gasteiger partial charge on any atom is 0.165 e. The molecule has 0 aromatic carbocycles. The minimum absolute atomic E-state index is 0.365. The third kappa shape index (κ3) is 1.58. The minimum atomic E-state index is -1.14. The van der Waals surface area contributed by atoms with Crippen molar-refractivity contribution < 1.29 is 20.1 Å². The number of aliphatic hydroxyl groups excluding tert-OH is 3. The van der Waals surface area contributed by atoms with Gasteiger partial charge in [0.25, 0.3) is 0 Å². The second kappa shape index (κ2) is 4.25. The third-order valence-corrected chi connectivity index (χ3v) is 3.03. The van der Waals surface area contributed by atoms with Gasteiger partial charge in [-0.05, 0) is 0 Å². The van der Waals surface area contributed by atoms with Crippen molar-refractivity contribution >= 4 is 11.2 Å². The zero-order valence-corrected chi connectivity index (χ0v) is 9.29. The first-order chi connectivity index (χ1) is 8.72. The van der Waals surface area contributed by atoms with Crippen molar-refractivity contribution in [3.05, 3.63) is 18.9 Å². The lowest BCUT2D eigenvalue weighted by Gasteiger charge is -2.16. The van der Waals surface area contributed by atoms with E-state index in [9.17, 15) is 10.2 Å². The molecule has 3 rings (SSSR count). The summed E-state index contributed by atoms with van der Waals surface area (Å²) in [6.45, 7) is -0.365. The number of hydrogen-bond donors (Lipinski definition) is 3. The van der Waals surface area contributed by atoms with Crippen LogP contribution in [0.3, 0.4) is 0 Å². The summed E-state index contributed by atoms with van der Waals surface area (Å²) in [5.74, 6) is 0. The minimum Gasteiger partial charge on any atom is -0.394 e. The fourth-order valence-electron chi connectivity index (χ4n) is 2.08. The highest BCUT2D eigenvalue weighted by atomic mass is 16.6. The van der Waals surface area contributed by atoms with E-state index < -0.39 is 24.5 Å². The molecule has 8 heteroatoms. The number of nitrogens with zero attached hydrogens (tertiary/aromatic N) is 4. The van der Waals surface area contributed by atoms with E-state index in [0.29, 0.717) is 11.2 Å². The van der Waals surface area contributed by atoms with Gasteiger partial charge in [-0.15, -0.1) is 0 Å². The van der Waals surface area contributed by atoms with Gasteiger partial charge in [0.15, 0.2) is 11.9 Å². The van der Waals surface area contributed by atoms with Gasteiger partial charge in [-0.3, -0.25) is 4.57 Å². The van der Waals surface area contributed by atoms with Crippen LogP contribution in [0.15, 0.2) is 18.9 Å². The predicted octanol–water partition coefficient (Wildman–Crippen LogP) is -1.56. The lowest BCUT2D eigenvalue weighted by molar-refractivity contribution is -0.0511. The fourth-order valence-corrected chi connectivity index (χ4v) is 2.08. The monoisotopic (exact) mass is 252 g/mol. The van der Waals surface area contributed by atoms with Gasteiger partial charge in [-0.2, -0.15) is 0 Å². The average molecular weight is 252 g/mol. The molecule has 1 aliphatic rings. The number of ether oxygens (including phenoxy) is 1. The Morgan fingerprint density at radius 2 is 2.11 bits per heavy atom. The van der Waals surface area contributed by atoms with Crippen molar-refractivity contribution in [1.82, 2.24) is 19.5 Å². The highest BCUT2D eigenvalue weighted by Gasteiger charge is 2.43. The number of rotatable bonds is 2. The highest BCUT2D eigenvalue weighted by Crippen LogP contribution is 2.30. The Kier molecular flexibility index (Phi) is 2.71. The first-order valence-electron chi connectivity index (χ1n) is 5.47. The van der Waals surface area contributed by atoms with Gasteiger partial charge in [0.05, 0.1) is 19.1 Å². The van der Waals surface area contributed by atoms with Crippen molar-refractivity contribution in [1.29, 1.82) is 0 Å². The SMILES string of the molecule is OC[C@H]1O[C@@H](n2cnc3cncnc32)[C@@H](O)C1O. The van der Waals surface area contributed by atoms with Gasteiger partial charge < -0.3 is 20.1 Å². The number of fused-ring (bicyclic) bond motifs is 1. The standard InChI is InChI=1S/C10H12N4O4/c15-2-6-7(16)8(17)10(18-6)14-4-13-5-1-11-3-12-9(5)14/h1,3-4,6-8,10,15-17H,2H2/t6-,7?,8+,10-/m1/s1. The van der Waals surface area contributed by atoms with Crippen molar-refractivity contribution in [3.8, 4) is 0 Å². The second-order valence-electron chi connectivity index (χ2n) is 4.11. The van der Waals surface area contributed by atoms with Crippen LogP contribution in [0.1, 0.15) is 6.23 Å². The molecule has 4 atom stereocenters. The molecule has 1 aliphatic heterocycles. The van der Waals surface area contributed by atoms with Gasteiger partial charge in [0.1, 0.15) is 30.2 Å². The molecule has 96 valence electrons. The number of aliphatic hydroxyl groups is 3. The van der Waals surface area contributed by atoms with Crippen LogP contribution in [0.4, 0.5) is 0 Å².